The topological polar surface area (TPSA) is 92.5 Å². The fourth-order valence-electron chi connectivity index (χ4n) is 2.82. The van der Waals surface area contributed by atoms with Crippen molar-refractivity contribution in [3.05, 3.63) is 58.7 Å². The number of amides is 2. The number of fused-ring (bicyclic) bond motifs is 1. The molecule has 1 heterocycles. The van der Waals surface area contributed by atoms with Crippen LogP contribution in [0.15, 0.2) is 42.6 Å². The van der Waals surface area contributed by atoms with Gasteiger partial charge < -0.3 is 14.5 Å². The van der Waals surface area contributed by atoms with Gasteiger partial charge in [-0.25, -0.2) is 0 Å². The molecule has 0 radical (unpaired) electrons. The highest BCUT2D eigenvalue weighted by atomic mass is 35.5. The van der Waals surface area contributed by atoms with Crippen LogP contribution >= 0.6 is 11.6 Å². The molecular weight excluding hydrogens is 394 g/mol. The smallest absolute Gasteiger partial charge is 0.271 e. The second-order valence-corrected chi connectivity index (χ2v) is 6.63. The van der Waals surface area contributed by atoms with Crippen molar-refractivity contribution in [2.24, 2.45) is 0 Å². The summed E-state index contributed by atoms with van der Waals surface area (Å²) in [4.78, 5) is 28.0. The minimum absolute atomic E-state index is 0.238. The average Bonchev–Trinajstić information content (AvgIpc) is 3.15. The van der Waals surface area contributed by atoms with Crippen molar-refractivity contribution in [3.63, 3.8) is 0 Å². The van der Waals surface area contributed by atoms with Gasteiger partial charge >= 0.3 is 0 Å². The van der Waals surface area contributed by atoms with Crippen molar-refractivity contribution < 1.29 is 19.1 Å². The average molecular weight is 416 g/mol. The fourth-order valence-corrected chi connectivity index (χ4v) is 3.08. The molecule has 1 aromatic heterocycles. The Hall–Kier alpha value is -3.19. The molecule has 152 valence electrons. The van der Waals surface area contributed by atoms with Gasteiger partial charge in [0.05, 0.1) is 23.8 Å². The predicted octanol–water partition coefficient (Wildman–Crippen LogP) is 4.08. The van der Waals surface area contributed by atoms with Crippen LogP contribution in [0.25, 0.3) is 10.9 Å². The Bertz CT molecular complexity index is 1030. The number of hydrazine groups is 1. The van der Waals surface area contributed by atoms with E-state index < -0.39 is 11.8 Å². The van der Waals surface area contributed by atoms with Crippen LogP contribution in [0.1, 0.15) is 41.0 Å². The molecule has 0 bridgehead atoms. The summed E-state index contributed by atoms with van der Waals surface area (Å²) in [5.41, 5.74) is 6.32. The summed E-state index contributed by atoms with van der Waals surface area (Å²) >= 11 is 6.28. The summed E-state index contributed by atoms with van der Waals surface area (Å²) in [7, 11) is 0. The van der Waals surface area contributed by atoms with Crippen LogP contribution in [-0.2, 0) is 0 Å². The molecule has 0 aliphatic rings. The number of carbonyl (C=O) groups excluding carboxylic acids is 2. The molecule has 8 heteroatoms. The van der Waals surface area contributed by atoms with E-state index in [1.807, 2.05) is 38.1 Å². The van der Waals surface area contributed by atoms with Crippen LogP contribution in [0.5, 0.6) is 11.5 Å². The highest BCUT2D eigenvalue weighted by molar-refractivity contribution is 6.32. The van der Waals surface area contributed by atoms with Crippen molar-refractivity contribution in [2.75, 3.05) is 13.2 Å². The van der Waals surface area contributed by atoms with Crippen LogP contribution in [0.4, 0.5) is 0 Å². The van der Waals surface area contributed by atoms with Gasteiger partial charge in [-0.05, 0) is 31.5 Å². The van der Waals surface area contributed by atoms with Crippen molar-refractivity contribution in [1.29, 1.82) is 0 Å². The van der Waals surface area contributed by atoms with Crippen LogP contribution in [0, 0.1) is 0 Å². The molecule has 3 rings (SSSR count). The molecule has 3 N–H and O–H groups in total. The van der Waals surface area contributed by atoms with Crippen molar-refractivity contribution >= 4 is 34.3 Å². The van der Waals surface area contributed by atoms with E-state index in [2.05, 4.69) is 15.8 Å². The minimum atomic E-state index is -0.525. The zero-order valence-corrected chi connectivity index (χ0v) is 16.9. The second kappa shape index (κ2) is 9.34. The quantitative estimate of drug-likeness (QED) is 0.507. The van der Waals surface area contributed by atoms with Gasteiger partial charge in [0.15, 0.2) is 11.5 Å². The van der Waals surface area contributed by atoms with E-state index in [4.69, 9.17) is 21.1 Å². The van der Waals surface area contributed by atoms with E-state index in [0.717, 1.165) is 17.3 Å². The zero-order valence-electron chi connectivity index (χ0n) is 16.2. The van der Waals surface area contributed by atoms with E-state index in [-0.39, 0.29) is 10.6 Å². The predicted molar refractivity (Wildman–Crippen MR) is 112 cm³/mol. The summed E-state index contributed by atoms with van der Waals surface area (Å²) in [5.74, 6) is -0.186. The molecule has 2 amide bonds. The molecular formula is C21H22ClN3O4. The van der Waals surface area contributed by atoms with E-state index in [0.29, 0.717) is 30.3 Å². The lowest BCUT2D eigenvalue weighted by Crippen LogP contribution is -2.41. The van der Waals surface area contributed by atoms with Gasteiger partial charge in [-0.2, -0.15) is 0 Å². The third-order valence-electron chi connectivity index (χ3n) is 4.15. The Morgan fingerprint density at radius 1 is 1.07 bits per heavy atom. The highest BCUT2D eigenvalue weighted by Gasteiger charge is 2.18. The molecule has 0 saturated carbocycles. The number of rotatable bonds is 7. The van der Waals surface area contributed by atoms with E-state index >= 15 is 0 Å². The molecule has 0 unspecified atom stereocenters. The lowest BCUT2D eigenvalue weighted by atomic mass is 10.1. The number of ether oxygens (including phenoxy) is 2. The Labute approximate surface area is 173 Å². The van der Waals surface area contributed by atoms with Gasteiger partial charge in [0.25, 0.3) is 11.8 Å². The lowest BCUT2D eigenvalue weighted by molar-refractivity contribution is 0.0847. The maximum atomic E-state index is 12.5. The molecule has 2 aromatic carbocycles. The summed E-state index contributed by atoms with van der Waals surface area (Å²) in [6.07, 6.45) is 2.40. The highest BCUT2D eigenvalue weighted by Crippen LogP contribution is 2.36. The number of halogens is 1. The number of hydrogen-bond acceptors (Lipinski definition) is 4. The number of benzene rings is 2. The standard InChI is InChI=1S/C21H22ClN3O4/c1-3-9-29-19-16(22)10-13(11-18(19)28-4-2)20(26)24-25-21(27)15-12-23-17-8-6-5-7-14(15)17/h5-8,10-12,23H,3-4,9H2,1-2H3,(H,24,26)(H,25,27). The van der Waals surface area contributed by atoms with Gasteiger partial charge in [0, 0.05) is 22.7 Å². The second-order valence-electron chi connectivity index (χ2n) is 6.22. The van der Waals surface area contributed by atoms with Gasteiger partial charge in [-0.1, -0.05) is 36.7 Å². The van der Waals surface area contributed by atoms with Gasteiger partial charge in [0.1, 0.15) is 0 Å². The van der Waals surface area contributed by atoms with Gasteiger partial charge in [-0.3, -0.25) is 20.4 Å². The van der Waals surface area contributed by atoms with Crippen molar-refractivity contribution in [1.82, 2.24) is 15.8 Å². The lowest BCUT2D eigenvalue weighted by Gasteiger charge is -2.15. The monoisotopic (exact) mass is 415 g/mol. The Morgan fingerprint density at radius 2 is 1.83 bits per heavy atom. The number of H-pyrrole nitrogens is 1. The molecule has 0 saturated heterocycles. The number of para-hydroxylation sites is 1. The number of carbonyl (C=O) groups is 2. The SMILES string of the molecule is CCCOc1c(Cl)cc(C(=O)NNC(=O)c2c[nH]c3ccccc23)cc1OCC. The largest absolute Gasteiger partial charge is 0.490 e. The third-order valence-corrected chi connectivity index (χ3v) is 4.43. The first-order valence-electron chi connectivity index (χ1n) is 9.31. The third kappa shape index (κ3) is 4.63. The van der Waals surface area contributed by atoms with Crippen LogP contribution < -0.4 is 20.3 Å². The molecule has 0 aliphatic heterocycles. The van der Waals surface area contributed by atoms with E-state index in [9.17, 15) is 9.59 Å². The van der Waals surface area contributed by atoms with E-state index in [1.165, 1.54) is 12.1 Å². The van der Waals surface area contributed by atoms with Gasteiger partial charge in [-0.15, -0.1) is 0 Å². The number of nitrogens with one attached hydrogen (secondary N) is 3. The van der Waals surface area contributed by atoms with Crippen LogP contribution in [-0.4, -0.2) is 30.0 Å². The molecule has 29 heavy (non-hydrogen) atoms. The maximum absolute atomic E-state index is 12.5. The summed E-state index contributed by atoms with van der Waals surface area (Å²) < 4.78 is 11.2. The zero-order chi connectivity index (χ0) is 20.8. The van der Waals surface area contributed by atoms with Crippen LogP contribution in [0.3, 0.4) is 0 Å². The maximum Gasteiger partial charge on any atom is 0.271 e. The summed E-state index contributed by atoms with van der Waals surface area (Å²) in [6.45, 7) is 4.67. The van der Waals surface area contributed by atoms with Gasteiger partial charge in [0.2, 0.25) is 0 Å². The Morgan fingerprint density at radius 3 is 2.59 bits per heavy atom. The molecule has 0 aliphatic carbocycles. The molecule has 7 nitrogen and oxygen atoms in total. The van der Waals surface area contributed by atoms with Crippen molar-refractivity contribution in [2.45, 2.75) is 20.3 Å². The molecule has 3 aromatic rings. The summed E-state index contributed by atoms with van der Waals surface area (Å²) in [6, 6.07) is 10.4. The molecule has 0 fully saturated rings. The first-order valence-corrected chi connectivity index (χ1v) is 9.68. The molecule has 0 spiro atoms. The normalized spacial score (nSPS) is 10.6. The minimum Gasteiger partial charge on any atom is -0.490 e. The number of aromatic nitrogens is 1. The Balaban J connectivity index is 1.73. The van der Waals surface area contributed by atoms with Crippen molar-refractivity contribution in [3.8, 4) is 11.5 Å². The van der Waals surface area contributed by atoms with E-state index in [1.54, 1.807) is 6.20 Å². The number of aromatic amines is 1. The first-order chi connectivity index (χ1) is 14.0. The molecule has 0 atom stereocenters. The fraction of sp³-hybridized carbons (Fsp3) is 0.238. The first kappa shape index (κ1) is 20.5. The number of hydrogen-bond donors (Lipinski definition) is 3. The van der Waals surface area contributed by atoms with Crippen LogP contribution in [0.2, 0.25) is 5.02 Å². The Kier molecular flexibility index (Phi) is 6.61. The summed E-state index contributed by atoms with van der Waals surface area (Å²) in [5, 5.41) is 1.02.